The van der Waals surface area contributed by atoms with Crippen molar-refractivity contribution in [1.82, 2.24) is 15.5 Å². The lowest BCUT2D eigenvalue weighted by Gasteiger charge is -2.08. The van der Waals surface area contributed by atoms with E-state index >= 15 is 0 Å². The quantitative estimate of drug-likeness (QED) is 0.437. The molecule has 0 fully saturated rings. The lowest BCUT2D eigenvalue weighted by molar-refractivity contribution is -0.123. The summed E-state index contributed by atoms with van der Waals surface area (Å²) in [5, 5.41) is 10.8. The number of carbonyl (C=O) groups is 2. The van der Waals surface area contributed by atoms with Crippen LogP contribution in [0.1, 0.15) is 52.8 Å². The molecule has 0 radical (unpaired) electrons. The Morgan fingerprint density at radius 1 is 1.00 bits per heavy atom. The topological polar surface area (TPSA) is 113 Å². The van der Waals surface area contributed by atoms with Crippen LogP contribution in [0.4, 0.5) is 0 Å². The van der Waals surface area contributed by atoms with Crippen LogP contribution in [-0.2, 0) is 19.1 Å². The third-order valence-electron chi connectivity index (χ3n) is 3.94. The van der Waals surface area contributed by atoms with Crippen LogP contribution in [0.2, 0.25) is 0 Å². The number of nitrogens with zero attached hydrogens (tertiary/aromatic N) is 2. The van der Waals surface area contributed by atoms with Crippen LogP contribution >= 0.6 is 0 Å². The summed E-state index contributed by atoms with van der Waals surface area (Å²) in [6.07, 6.45) is 0.412. The molecular weight excluding hydrogens is 414 g/mol. The second kappa shape index (κ2) is 15.9. The van der Waals surface area contributed by atoms with Crippen LogP contribution in [0.25, 0.3) is 11.5 Å². The summed E-state index contributed by atoms with van der Waals surface area (Å²) >= 11 is 0. The molecule has 178 valence electrons. The van der Waals surface area contributed by atoms with Gasteiger partial charge in [0, 0.05) is 24.4 Å². The summed E-state index contributed by atoms with van der Waals surface area (Å²) < 4.78 is 21.7. The molecular formula is C23H35N3O6. The number of aromatic nitrogens is 2. The fourth-order valence-corrected chi connectivity index (χ4v) is 2.28. The molecule has 32 heavy (non-hydrogen) atoms. The summed E-state index contributed by atoms with van der Waals surface area (Å²) in [6, 6.07) is 7.10. The first-order chi connectivity index (χ1) is 15.5. The molecule has 0 aliphatic rings. The smallest absolute Gasteiger partial charge is 0.258 e. The van der Waals surface area contributed by atoms with Gasteiger partial charge in [-0.15, -0.1) is 10.2 Å². The van der Waals surface area contributed by atoms with Crippen LogP contribution in [0.3, 0.4) is 0 Å². The monoisotopic (exact) mass is 449 g/mol. The number of nitrogens with one attached hydrogen (secondary N) is 1. The van der Waals surface area contributed by atoms with Gasteiger partial charge < -0.3 is 23.9 Å². The maximum Gasteiger partial charge on any atom is 0.258 e. The van der Waals surface area contributed by atoms with Gasteiger partial charge in [0.25, 0.3) is 5.91 Å². The van der Waals surface area contributed by atoms with E-state index in [4.69, 9.17) is 18.6 Å². The Balaban J connectivity index is 0.00000249. The van der Waals surface area contributed by atoms with Gasteiger partial charge in [-0.3, -0.25) is 9.59 Å². The Bertz CT molecular complexity index is 789. The molecule has 0 aliphatic heterocycles. The Hall–Kier alpha value is -2.78. The van der Waals surface area contributed by atoms with Crippen LogP contribution in [-0.4, -0.2) is 61.5 Å². The van der Waals surface area contributed by atoms with Crippen molar-refractivity contribution in [1.29, 1.82) is 0 Å². The maximum atomic E-state index is 11.8. The van der Waals surface area contributed by atoms with E-state index in [-0.39, 0.29) is 24.2 Å². The van der Waals surface area contributed by atoms with Crippen LogP contribution in [0.5, 0.6) is 5.75 Å². The second-order valence-electron chi connectivity index (χ2n) is 6.94. The van der Waals surface area contributed by atoms with Crippen molar-refractivity contribution in [3.05, 3.63) is 30.2 Å². The van der Waals surface area contributed by atoms with Gasteiger partial charge >= 0.3 is 0 Å². The van der Waals surface area contributed by atoms with E-state index in [0.29, 0.717) is 56.9 Å². The van der Waals surface area contributed by atoms with Gasteiger partial charge in [0.05, 0.1) is 26.4 Å². The highest BCUT2D eigenvalue weighted by Crippen LogP contribution is 2.23. The third kappa shape index (κ3) is 11.0. The molecule has 0 atom stereocenters. The van der Waals surface area contributed by atoms with Gasteiger partial charge in [0.15, 0.2) is 6.61 Å². The Morgan fingerprint density at radius 2 is 1.66 bits per heavy atom. The minimum atomic E-state index is -0.237. The molecule has 0 unspecified atom stereocenters. The number of ether oxygens (including phenoxy) is 3. The number of amides is 1. The fraction of sp³-hybridized carbons (Fsp3) is 0.565. The minimum Gasteiger partial charge on any atom is -0.484 e. The van der Waals surface area contributed by atoms with Crippen molar-refractivity contribution in [3.8, 4) is 17.2 Å². The van der Waals surface area contributed by atoms with E-state index in [2.05, 4.69) is 15.5 Å². The van der Waals surface area contributed by atoms with Crippen molar-refractivity contribution in [3.63, 3.8) is 0 Å². The van der Waals surface area contributed by atoms with E-state index in [0.717, 1.165) is 5.56 Å². The van der Waals surface area contributed by atoms with E-state index in [1.54, 1.807) is 24.3 Å². The molecule has 2 rings (SSSR count). The zero-order valence-corrected chi connectivity index (χ0v) is 19.7. The van der Waals surface area contributed by atoms with E-state index in [1.807, 2.05) is 27.7 Å². The van der Waals surface area contributed by atoms with Crippen LogP contribution < -0.4 is 10.1 Å². The largest absolute Gasteiger partial charge is 0.484 e. The molecule has 1 aromatic carbocycles. The average molecular weight is 450 g/mol. The van der Waals surface area contributed by atoms with Gasteiger partial charge in [0.1, 0.15) is 11.5 Å². The SMILES string of the molecule is CC.CC(=O)CCOCCOCCNC(=O)COc1ccc(-c2nnc(C(C)C)o2)cc1. The molecule has 1 aromatic heterocycles. The normalized spacial score (nSPS) is 10.4. The summed E-state index contributed by atoms with van der Waals surface area (Å²) in [5.41, 5.74) is 0.786. The van der Waals surface area contributed by atoms with Gasteiger partial charge in [0.2, 0.25) is 11.8 Å². The molecule has 1 N–H and O–H groups in total. The molecule has 9 heteroatoms. The van der Waals surface area contributed by atoms with Crippen molar-refractivity contribution in [2.45, 2.75) is 47.0 Å². The molecule has 9 nitrogen and oxygen atoms in total. The number of ketones is 1. The number of carbonyl (C=O) groups excluding carboxylic acids is 2. The van der Waals surface area contributed by atoms with Gasteiger partial charge in [-0.25, -0.2) is 0 Å². The Labute approximate surface area is 189 Å². The summed E-state index contributed by atoms with van der Waals surface area (Å²) in [6.45, 7) is 11.4. The maximum absolute atomic E-state index is 11.8. The molecule has 0 saturated carbocycles. The molecule has 1 heterocycles. The summed E-state index contributed by atoms with van der Waals surface area (Å²) in [7, 11) is 0. The summed E-state index contributed by atoms with van der Waals surface area (Å²) in [5.74, 6) is 1.64. The first-order valence-corrected chi connectivity index (χ1v) is 10.9. The first-order valence-electron chi connectivity index (χ1n) is 10.9. The van der Waals surface area contributed by atoms with Gasteiger partial charge in [-0.05, 0) is 31.2 Å². The lowest BCUT2D eigenvalue weighted by atomic mass is 10.2. The fourth-order valence-electron chi connectivity index (χ4n) is 2.28. The standard InChI is InChI=1S/C21H29N3O6.C2H6/c1-15(2)20-23-24-21(30-20)17-4-6-18(7-5-17)29-14-19(26)22-9-11-28-13-12-27-10-8-16(3)25;1-2/h4-7,15H,8-14H2,1-3H3,(H,22,26);1-2H3. The van der Waals surface area contributed by atoms with E-state index < -0.39 is 0 Å². The second-order valence-corrected chi connectivity index (χ2v) is 6.94. The Morgan fingerprint density at radius 3 is 2.25 bits per heavy atom. The molecule has 2 aromatic rings. The molecule has 1 amide bonds. The highest BCUT2D eigenvalue weighted by Gasteiger charge is 2.11. The van der Waals surface area contributed by atoms with Crippen molar-refractivity contribution >= 4 is 11.7 Å². The molecule has 0 aliphatic carbocycles. The molecule has 0 saturated heterocycles. The van der Waals surface area contributed by atoms with Crippen LogP contribution in [0.15, 0.2) is 28.7 Å². The zero-order chi connectivity index (χ0) is 23.8. The highest BCUT2D eigenvalue weighted by atomic mass is 16.5. The lowest BCUT2D eigenvalue weighted by Crippen LogP contribution is -2.31. The number of Topliss-reactive ketones (excluding diaryl/α,β-unsaturated/α-hetero) is 1. The minimum absolute atomic E-state index is 0.0917. The third-order valence-corrected chi connectivity index (χ3v) is 3.94. The van der Waals surface area contributed by atoms with Gasteiger partial charge in [-0.1, -0.05) is 27.7 Å². The number of rotatable bonds is 14. The summed E-state index contributed by atoms with van der Waals surface area (Å²) in [4.78, 5) is 22.6. The predicted octanol–water partition coefficient (Wildman–Crippen LogP) is 3.39. The number of benzene rings is 1. The predicted molar refractivity (Wildman–Crippen MR) is 121 cm³/mol. The number of hydrogen-bond acceptors (Lipinski definition) is 8. The highest BCUT2D eigenvalue weighted by molar-refractivity contribution is 5.77. The van der Waals surface area contributed by atoms with Crippen LogP contribution in [0, 0.1) is 0 Å². The Kier molecular flexibility index (Phi) is 13.6. The van der Waals surface area contributed by atoms with E-state index in [1.165, 1.54) is 6.92 Å². The first kappa shape index (κ1) is 27.3. The van der Waals surface area contributed by atoms with Gasteiger partial charge in [-0.2, -0.15) is 0 Å². The number of hydrogen-bond donors (Lipinski definition) is 1. The zero-order valence-electron chi connectivity index (χ0n) is 19.7. The van der Waals surface area contributed by atoms with Crippen molar-refractivity contribution in [2.24, 2.45) is 0 Å². The molecule has 0 spiro atoms. The van der Waals surface area contributed by atoms with Crippen molar-refractivity contribution in [2.75, 3.05) is 39.6 Å². The molecule has 0 bridgehead atoms. The van der Waals surface area contributed by atoms with E-state index in [9.17, 15) is 9.59 Å². The van der Waals surface area contributed by atoms with Crippen molar-refractivity contribution < 1.29 is 28.2 Å². The average Bonchev–Trinajstić information content (AvgIpc) is 3.29.